The second-order valence-corrected chi connectivity index (χ2v) is 8.53. The first-order valence-electron chi connectivity index (χ1n) is 8.27. The van der Waals surface area contributed by atoms with Crippen LogP contribution in [0.1, 0.15) is 62.7 Å². The van der Waals surface area contributed by atoms with Gasteiger partial charge in [0, 0.05) is 5.41 Å². The second-order valence-electron chi connectivity index (χ2n) is 7.54. The Bertz CT molecular complexity index is 480. The zero-order chi connectivity index (χ0) is 14.4. The summed E-state index contributed by atoms with van der Waals surface area (Å²) in [7, 11) is 0. The number of thioether (sulfide) groups is 1. The van der Waals surface area contributed by atoms with Crippen molar-refractivity contribution >= 4 is 11.8 Å². The SMILES string of the molecule is CSCCC(N)c1nc(C23CC4CC(CC(C4)C2)C3)no1. The van der Waals surface area contributed by atoms with Crippen LogP contribution >= 0.6 is 11.8 Å². The van der Waals surface area contributed by atoms with Gasteiger partial charge in [0.25, 0.3) is 0 Å². The molecule has 4 bridgehead atoms. The van der Waals surface area contributed by atoms with Crippen LogP contribution in [0.3, 0.4) is 0 Å². The van der Waals surface area contributed by atoms with Gasteiger partial charge in [-0.1, -0.05) is 5.16 Å². The largest absolute Gasteiger partial charge is 0.338 e. The maximum atomic E-state index is 6.18. The highest BCUT2D eigenvalue weighted by Crippen LogP contribution is 2.60. The molecule has 0 spiro atoms. The predicted octanol–water partition coefficient (Wildman–Crippen LogP) is 3.29. The fraction of sp³-hybridized carbons (Fsp3) is 0.875. The lowest BCUT2D eigenvalue weighted by Crippen LogP contribution is -2.49. The maximum absolute atomic E-state index is 6.18. The summed E-state index contributed by atoms with van der Waals surface area (Å²) in [6, 6.07) is -0.104. The molecule has 0 amide bonds. The average molecular weight is 307 g/mol. The molecular weight excluding hydrogens is 282 g/mol. The molecule has 21 heavy (non-hydrogen) atoms. The minimum absolute atomic E-state index is 0.104. The molecular formula is C16H25N3OS. The summed E-state index contributed by atoms with van der Waals surface area (Å²) in [5, 5.41) is 4.36. The first-order chi connectivity index (χ1) is 10.2. The standard InChI is InChI=1S/C16H25N3OS/c1-21-3-2-13(17)14-18-15(19-20-14)16-7-10-4-11(8-16)6-12(5-10)9-16/h10-13H,2-9,17H2,1H3. The molecule has 1 aromatic heterocycles. The molecule has 5 rings (SSSR count). The maximum Gasteiger partial charge on any atom is 0.243 e. The quantitative estimate of drug-likeness (QED) is 0.904. The molecule has 0 radical (unpaired) electrons. The molecule has 1 atom stereocenters. The van der Waals surface area contributed by atoms with Gasteiger partial charge in [-0.15, -0.1) is 0 Å². The van der Waals surface area contributed by atoms with Crippen molar-refractivity contribution in [3.8, 4) is 0 Å². The van der Waals surface area contributed by atoms with Crippen LogP contribution in [-0.2, 0) is 5.41 Å². The zero-order valence-electron chi connectivity index (χ0n) is 12.8. The molecule has 4 aliphatic carbocycles. The molecule has 1 unspecified atom stereocenters. The van der Waals surface area contributed by atoms with E-state index in [-0.39, 0.29) is 11.5 Å². The predicted molar refractivity (Wildman–Crippen MR) is 84.1 cm³/mol. The molecule has 1 heterocycles. The highest BCUT2D eigenvalue weighted by Gasteiger charge is 2.53. The number of nitrogens with two attached hydrogens (primary N) is 1. The van der Waals surface area contributed by atoms with E-state index in [1.165, 1.54) is 38.5 Å². The fourth-order valence-electron chi connectivity index (χ4n) is 5.35. The Morgan fingerprint density at radius 1 is 1.24 bits per heavy atom. The molecule has 4 aliphatic rings. The lowest BCUT2D eigenvalue weighted by atomic mass is 9.49. The Morgan fingerprint density at radius 2 is 1.86 bits per heavy atom. The topological polar surface area (TPSA) is 64.9 Å². The monoisotopic (exact) mass is 307 g/mol. The third kappa shape index (κ3) is 2.42. The summed E-state index contributed by atoms with van der Waals surface area (Å²) in [5.74, 6) is 5.37. The van der Waals surface area contributed by atoms with Crippen LogP contribution < -0.4 is 5.73 Å². The first-order valence-corrected chi connectivity index (χ1v) is 9.66. The van der Waals surface area contributed by atoms with Crippen LogP contribution in [0, 0.1) is 17.8 Å². The molecule has 4 saturated carbocycles. The highest BCUT2D eigenvalue weighted by molar-refractivity contribution is 7.98. The van der Waals surface area contributed by atoms with Crippen LogP contribution in [0.25, 0.3) is 0 Å². The van der Waals surface area contributed by atoms with Gasteiger partial charge in [0.05, 0.1) is 6.04 Å². The van der Waals surface area contributed by atoms with E-state index < -0.39 is 0 Å². The van der Waals surface area contributed by atoms with E-state index in [0.29, 0.717) is 5.89 Å². The van der Waals surface area contributed by atoms with Gasteiger partial charge >= 0.3 is 0 Å². The van der Waals surface area contributed by atoms with Crippen LogP contribution in [0.15, 0.2) is 4.52 Å². The van der Waals surface area contributed by atoms with Crippen LogP contribution in [0.5, 0.6) is 0 Å². The highest BCUT2D eigenvalue weighted by atomic mass is 32.2. The molecule has 2 N–H and O–H groups in total. The van der Waals surface area contributed by atoms with E-state index in [1.807, 2.05) is 11.8 Å². The van der Waals surface area contributed by atoms with Gasteiger partial charge in [-0.3, -0.25) is 0 Å². The van der Waals surface area contributed by atoms with Crippen molar-refractivity contribution in [1.29, 1.82) is 0 Å². The zero-order valence-corrected chi connectivity index (χ0v) is 13.6. The molecule has 116 valence electrons. The van der Waals surface area contributed by atoms with Gasteiger partial charge in [-0.25, -0.2) is 0 Å². The van der Waals surface area contributed by atoms with Crippen molar-refractivity contribution in [2.45, 2.75) is 56.4 Å². The van der Waals surface area contributed by atoms with E-state index >= 15 is 0 Å². The van der Waals surface area contributed by atoms with Gasteiger partial charge in [0.2, 0.25) is 5.89 Å². The van der Waals surface area contributed by atoms with Crippen LogP contribution in [-0.4, -0.2) is 22.1 Å². The van der Waals surface area contributed by atoms with Crippen molar-refractivity contribution in [2.24, 2.45) is 23.5 Å². The third-order valence-corrected chi connectivity index (χ3v) is 6.55. The number of hydrogen-bond acceptors (Lipinski definition) is 5. The normalized spacial score (nSPS) is 38.9. The van der Waals surface area contributed by atoms with E-state index in [4.69, 9.17) is 15.2 Å². The summed E-state index contributed by atoms with van der Waals surface area (Å²) in [5.41, 5.74) is 6.39. The fourth-order valence-corrected chi connectivity index (χ4v) is 5.84. The smallest absolute Gasteiger partial charge is 0.243 e. The summed E-state index contributed by atoms with van der Waals surface area (Å²) in [6.45, 7) is 0. The Morgan fingerprint density at radius 3 is 2.43 bits per heavy atom. The van der Waals surface area contributed by atoms with Crippen molar-refractivity contribution in [3.05, 3.63) is 11.7 Å². The number of aromatic nitrogens is 2. The number of rotatable bonds is 5. The van der Waals surface area contributed by atoms with Crippen LogP contribution in [0.2, 0.25) is 0 Å². The molecule has 0 aromatic carbocycles. The Hall–Kier alpha value is -0.550. The Kier molecular flexibility index (Phi) is 3.53. The summed E-state index contributed by atoms with van der Waals surface area (Å²) >= 11 is 1.81. The molecule has 4 fully saturated rings. The lowest BCUT2D eigenvalue weighted by Gasteiger charge is -2.55. The third-order valence-electron chi connectivity index (χ3n) is 5.90. The van der Waals surface area contributed by atoms with E-state index in [0.717, 1.165) is 35.8 Å². The van der Waals surface area contributed by atoms with Gasteiger partial charge in [0.15, 0.2) is 5.82 Å². The van der Waals surface area contributed by atoms with Crippen molar-refractivity contribution in [3.63, 3.8) is 0 Å². The summed E-state index contributed by atoms with van der Waals surface area (Å²) in [4.78, 5) is 4.74. The van der Waals surface area contributed by atoms with Crippen molar-refractivity contribution in [1.82, 2.24) is 10.1 Å². The van der Waals surface area contributed by atoms with Gasteiger partial charge in [-0.2, -0.15) is 16.7 Å². The van der Waals surface area contributed by atoms with E-state index in [1.54, 1.807) is 0 Å². The Labute approximate surface area is 130 Å². The lowest BCUT2D eigenvalue weighted by molar-refractivity contribution is -0.0103. The van der Waals surface area contributed by atoms with E-state index in [2.05, 4.69) is 11.4 Å². The molecule has 5 heteroatoms. The molecule has 0 aliphatic heterocycles. The van der Waals surface area contributed by atoms with Crippen LogP contribution in [0.4, 0.5) is 0 Å². The average Bonchev–Trinajstić information content (AvgIpc) is 2.94. The molecule has 1 aromatic rings. The Balaban J connectivity index is 1.55. The second kappa shape index (κ2) is 5.27. The van der Waals surface area contributed by atoms with Gasteiger partial charge in [-0.05, 0) is 74.7 Å². The number of hydrogen-bond donors (Lipinski definition) is 1. The summed E-state index contributed by atoms with van der Waals surface area (Å²) in [6.07, 6.45) is 11.2. The number of nitrogens with zero attached hydrogens (tertiary/aromatic N) is 2. The minimum atomic E-state index is -0.104. The van der Waals surface area contributed by atoms with Crippen molar-refractivity contribution in [2.75, 3.05) is 12.0 Å². The minimum Gasteiger partial charge on any atom is -0.338 e. The van der Waals surface area contributed by atoms with E-state index in [9.17, 15) is 0 Å². The van der Waals surface area contributed by atoms with Gasteiger partial charge in [0.1, 0.15) is 0 Å². The summed E-state index contributed by atoms with van der Waals surface area (Å²) < 4.78 is 5.52. The molecule has 4 nitrogen and oxygen atoms in total. The first kappa shape index (κ1) is 14.1. The van der Waals surface area contributed by atoms with Crippen molar-refractivity contribution < 1.29 is 4.52 Å². The molecule has 0 saturated heterocycles. The van der Waals surface area contributed by atoms with Gasteiger partial charge < -0.3 is 10.3 Å².